The van der Waals surface area contributed by atoms with Crippen LogP contribution >= 0.6 is 12.6 Å². The van der Waals surface area contributed by atoms with Gasteiger partial charge in [-0.2, -0.15) is 0 Å². The van der Waals surface area contributed by atoms with E-state index in [1.807, 2.05) is 0 Å². The average molecular weight is 210 g/mol. The van der Waals surface area contributed by atoms with E-state index in [9.17, 15) is 4.79 Å². The molecule has 0 saturated carbocycles. The number of thiol groups is 1. The summed E-state index contributed by atoms with van der Waals surface area (Å²) in [6.07, 6.45) is 1.48. The Morgan fingerprint density at radius 1 is 1.43 bits per heavy atom. The van der Waals surface area contributed by atoms with E-state index in [2.05, 4.69) is 12.6 Å². The summed E-state index contributed by atoms with van der Waals surface area (Å²) in [5, 5.41) is 8.57. The van der Waals surface area contributed by atoms with Gasteiger partial charge in [-0.25, -0.2) is 4.79 Å². The molecule has 0 aromatic heterocycles. The molecule has 0 aliphatic heterocycles. The molecule has 1 aromatic carbocycles. The van der Waals surface area contributed by atoms with E-state index in [0.717, 1.165) is 11.3 Å². The highest BCUT2D eigenvalue weighted by Crippen LogP contribution is 2.15. The third-order valence-electron chi connectivity index (χ3n) is 1.64. The van der Waals surface area contributed by atoms with Crippen molar-refractivity contribution < 1.29 is 14.6 Å². The summed E-state index contributed by atoms with van der Waals surface area (Å²) in [5.74, 6) is -0.303. The predicted octanol–water partition coefficient (Wildman–Crippen LogP) is 2.05. The molecule has 0 radical (unpaired) electrons. The molecule has 0 amide bonds. The van der Waals surface area contributed by atoms with Crippen molar-refractivity contribution in [3.05, 3.63) is 34.7 Å². The molecule has 0 aliphatic rings. The summed E-state index contributed by atoms with van der Waals surface area (Å²) in [7, 11) is 1.58. The molecule has 0 unspecified atom stereocenters. The largest absolute Gasteiger partial charge is 0.497 e. The standard InChI is InChI=1S/C10H10O3S/c1-13-8-4-2-7(3-5-8)6-9(14)10(11)12/h2-6,14H,1H3,(H,11,12). The second-order valence-electron chi connectivity index (χ2n) is 2.61. The first kappa shape index (κ1) is 10.7. The molecule has 0 atom stereocenters. The van der Waals surface area contributed by atoms with Gasteiger partial charge in [0.25, 0.3) is 0 Å². The van der Waals surface area contributed by atoms with Gasteiger partial charge in [0.05, 0.1) is 12.0 Å². The Kier molecular flexibility index (Phi) is 3.59. The minimum atomic E-state index is -1.04. The molecule has 0 spiro atoms. The van der Waals surface area contributed by atoms with Crippen molar-refractivity contribution in [1.29, 1.82) is 0 Å². The average Bonchev–Trinajstić information content (AvgIpc) is 2.19. The molecule has 0 aliphatic carbocycles. The lowest BCUT2D eigenvalue weighted by molar-refractivity contribution is -0.131. The van der Waals surface area contributed by atoms with Gasteiger partial charge in [0.1, 0.15) is 5.75 Å². The quantitative estimate of drug-likeness (QED) is 0.593. The zero-order valence-electron chi connectivity index (χ0n) is 7.60. The van der Waals surface area contributed by atoms with Crippen LogP contribution < -0.4 is 4.74 Å². The van der Waals surface area contributed by atoms with Crippen LogP contribution in [0.5, 0.6) is 5.75 Å². The first-order chi connectivity index (χ1) is 6.63. The van der Waals surface area contributed by atoms with Gasteiger partial charge in [-0.1, -0.05) is 12.1 Å². The van der Waals surface area contributed by atoms with Gasteiger partial charge in [-0.05, 0) is 23.8 Å². The maximum atomic E-state index is 10.5. The highest BCUT2D eigenvalue weighted by molar-refractivity contribution is 7.85. The monoisotopic (exact) mass is 210 g/mol. The maximum Gasteiger partial charge on any atom is 0.341 e. The van der Waals surface area contributed by atoms with Crippen LogP contribution in [0.4, 0.5) is 0 Å². The molecule has 4 heteroatoms. The number of hydrogen-bond acceptors (Lipinski definition) is 3. The Morgan fingerprint density at radius 3 is 2.43 bits per heavy atom. The van der Waals surface area contributed by atoms with Crippen LogP contribution in [0, 0.1) is 0 Å². The summed E-state index contributed by atoms with van der Waals surface area (Å²) in [6, 6.07) is 7.04. The predicted molar refractivity (Wildman–Crippen MR) is 57.6 cm³/mol. The molecule has 1 aromatic rings. The number of ether oxygens (including phenoxy) is 1. The molecule has 0 fully saturated rings. The Hall–Kier alpha value is -1.42. The molecule has 14 heavy (non-hydrogen) atoms. The molecular formula is C10H10O3S. The van der Waals surface area contributed by atoms with Crippen molar-refractivity contribution in [3.63, 3.8) is 0 Å². The number of carbonyl (C=O) groups is 1. The SMILES string of the molecule is COc1ccc(C=C(S)C(=O)O)cc1. The number of hydrogen-bond donors (Lipinski definition) is 2. The number of methoxy groups -OCH3 is 1. The Bertz CT molecular complexity index is 354. The molecule has 1 N–H and O–H groups in total. The number of rotatable bonds is 3. The number of carboxylic acid groups (broad SMARTS) is 1. The third kappa shape index (κ3) is 2.81. The van der Waals surface area contributed by atoms with Gasteiger partial charge >= 0.3 is 5.97 Å². The van der Waals surface area contributed by atoms with Gasteiger partial charge in [-0.15, -0.1) is 12.6 Å². The zero-order valence-corrected chi connectivity index (χ0v) is 8.49. The minimum absolute atomic E-state index is 0.00941. The van der Waals surface area contributed by atoms with Crippen LogP contribution in [-0.4, -0.2) is 18.2 Å². The maximum absolute atomic E-state index is 10.5. The van der Waals surface area contributed by atoms with Gasteiger partial charge in [-0.3, -0.25) is 0 Å². The Labute approximate surface area is 87.4 Å². The van der Waals surface area contributed by atoms with Crippen molar-refractivity contribution in [2.45, 2.75) is 0 Å². The molecule has 1 rings (SSSR count). The van der Waals surface area contributed by atoms with Crippen molar-refractivity contribution in [3.8, 4) is 5.75 Å². The zero-order chi connectivity index (χ0) is 10.6. The highest BCUT2D eigenvalue weighted by atomic mass is 32.1. The fourth-order valence-corrected chi connectivity index (χ4v) is 1.07. The fourth-order valence-electron chi connectivity index (χ4n) is 0.920. The van der Waals surface area contributed by atoms with Gasteiger partial charge in [0.15, 0.2) is 0 Å². The normalized spacial score (nSPS) is 11.1. The summed E-state index contributed by atoms with van der Waals surface area (Å²) in [4.78, 5) is 10.5. The minimum Gasteiger partial charge on any atom is -0.497 e. The highest BCUT2D eigenvalue weighted by Gasteiger charge is 2.00. The van der Waals surface area contributed by atoms with E-state index in [1.54, 1.807) is 31.4 Å². The summed E-state index contributed by atoms with van der Waals surface area (Å²) >= 11 is 3.82. The topological polar surface area (TPSA) is 46.5 Å². The van der Waals surface area contributed by atoms with Crippen LogP contribution in [-0.2, 0) is 4.79 Å². The molecule has 74 valence electrons. The van der Waals surface area contributed by atoms with Crippen molar-refractivity contribution in [2.75, 3.05) is 7.11 Å². The van der Waals surface area contributed by atoms with E-state index in [4.69, 9.17) is 9.84 Å². The second-order valence-corrected chi connectivity index (χ2v) is 3.09. The van der Waals surface area contributed by atoms with E-state index in [-0.39, 0.29) is 4.91 Å². The molecular weight excluding hydrogens is 200 g/mol. The van der Waals surface area contributed by atoms with Gasteiger partial charge < -0.3 is 9.84 Å². The molecule has 0 bridgehead atoms. The van der Waals surface area contributed by atoms with Crippen LogP contribution in [0.15, 0.2) is 29.2 Å². The van der Waals surface area contributed by atoms with E-state index in [0.29, 0.717) is 0 Å². The first-order valence-corrected chi connectivity index (χ1v) is 4.36. The lowest BCUT2D eigenvalue weighted by atomic mass is 10.2. The third-order valence-corrected chi connectivity index (χ3v) is 1.96. The van der Waals surface area contributed by atoms with Crippen molar-refractivity contribution >= 4 is 24.7 Å². The van der Waals surface area contributed by atoms with Crippen molar-refractivity contribution in [1.82, 2.24) is 0 Å². The Morgan fingerprint density at radius 2 is 2.00 bits per heavy atom. The molecule has 0 heterocycles. The van der Waals surface area contributed by atoms with E-state index in [1.165, 1.54) is 6.08 Å². The van der Waals surface area contributed by atoms with Crippen LogP contribution in [0.3, 0.4) is 0 Å². The van der Waals surface area contributed by atoms with Crippen LogP contribution in [0.25, 0.3) is 6.08 Å². The number of benzene rings is 1. The number of carboxylic acids is 1. The second kappa shape index (κ2) is 4.72. The van der Waals surface area contributed by atoms with Crippen molar-refractivity contribution in [2.24, 2.45) is 0 Å². The molecule has 3 nitrogen and oxygen atoms in total. The Balaban J connectivity index is 2.88. The number of aliphatic carboxylic acids is 1. The summed E-state index contributed by atoms with van der Waals surface area (Å²) < 4.78 is 4.97. The first-order valence-electron chi connectivity index (χ1n) is 3.91. The van der Waals surface area contributed by atoms with E-state index < -0.39 is 5.97 Å². The lowest BCUT2D eigenvalue weighted by Crippen LogP contribution is -1.93. The summed E-state index contributed by atoms with van der Waals surface area (Å²) in [6.45, 7) is 0. The van der Waals surface area contributed by atoms with E-state index >= 15 is 0 Å². The summed E-state index contributed by atoms with van der Waals surface area (Å²) in [5.41, 5.74) is 0.776. The fraction of sp³-hybridized carbons (Fsp3) is 0.100. The van der Waals surface area contributed by atoms with Gasteiger partial charge in [0, 0.05) is 0 Å². The smallest absolute Gasteiger partial charge is 0.341 e. The molecule has 0 saturated heterocycles. The van der Waals surface area contributed by atoms with Gasteiger partial charge in [0.2, 0.25) is 0 Å². The van der Waals surface area contributed by atoms with Crippen LogP contribution in [0.1, 0.15) is 5.56 Å². The lowest BCUT2D eigenvalue weighted by Gasteiger charge is -1.99. The van der Waals surface area contributed by atoms with Crippen LogP contribution in [0.2, 0.25) is 0 Å².